The molecule has 1 heterocycles. The van der Waals surface area contributed by atoms with Crippen LogP contribution in [0.2, 0.25) is 0 Å². The zero-order valence-electron chi connectivity index (χ0n) is 9.42. The molecule has 1 aliphatic rings. The van der Waals surface area contributed by atoms with Gasteiger partial charge < -0.3 is 9.80 Å². The Morgan fingerprint density at radius 1 is 1.21 bits per heavy atom. The molecule has 1 aliphatic heterocycles. The molecule has 80 valence electrons. The van der Waals surface area contributed by atoms with Gasteiger partial charge >= 0.3 is 0 Å². The third-order valence-corrected chi connectivity index (χ3v) is 2.47. The van der Waals surface area contributed by atoms with E-state index < -0.39 is 0 Å². The highest BCUT2D eigenvalue weighted by molar-refractivity contribution is 5.87. The molecule has 0 unspecified atom stereocenters. The van der Waals surface area contributed by atoms with Crippen LogP contribution in [0.25, 0.3) is 0 Å². The van der Waals surface area contributed by atoms with Crippen molar-refractivity contribution in [1.82, 2.24) is 9.80 Å². The van der Waals surface area contributed by atoms with Crippen LogP contribution < -0.4 is 0 Å². The van der Waals surface area contributed by atoms with Gasteiger partial charge in [-0.3, -0.25) is 4.79 Å². The molecule has 0 aromatic carbocycles. The summed E-state index contributed by atoms with van der Waals surface area (Å²) in [5.74, 6) is 1.18. The van der Waals surface area contributed by atoms with Gasteiger partial charge in [0.2, 0.25) is 0 Å². The molecule has 1 fully saturated rings. The van der Waals surface area contributed by atoms with Crippen LogP contribution in [0.3, 0.4) is 0 Å². The van der Waals surface area contributed by atoms with Crippen molar-refractivity contribution in [3.63, 3.8) is 0 Å². The van der Waals surface area contributed by atoms with E-state index in [1.165, 1.54) is 19.3 Å². The minimum Gasteiger partial charge on any atom is -0.364 e. The van der Waals surface area contributed by atoms with Gasteiger partial charge in [-0.25, -0.2) is 0 Å². The highest BCUT2D eigenvalue weighted by Gasteiger charge is 2.14. The van der Waals surface area contributed by atoms with Crippen LogP contribution in [0, 0.1) is 0 Å². The molecule has 0 saturated carbocycles. The maximum absolute atomic E-state index is 11.1. The quantitative estimate of drug-likeness (QED) is 0.639. The summed E-state index contributed by atoms with van der Waals surface area (Å²) in [5.41, 5.74) is 0. The first-order valence-electron chi connectivity index (χ1n) is 5.26. The summed E-state index contributed by atoms with van der Waals surface area (Å²) in [6, 6.07) is 0. The van der Waals surface area contributed by atoms with Crippen molar-refractivity contribution in [2.75, 3.05) is 27.2 Å². The van der Waals surface area contributed by atoms with E-state index in [9.17, 15) is 4.79 Å². The molecule has 1 saturated heterocycles. The first kappa shape index (κ1) is 11.1. The number of carbonyl (C=O) groups excluding carboxylic acids is 1. The van der Waals surface area contributed by atoms with Gasteiger partial charge in [-0.1, -0.05) is 0 Å². The Balaban J connectivity index is 2.70. The number of hydrogen-bond donors (Lipinski definition) is 0. The summed E-state index contributed by atoms with van der Waals surface area (Å²) in [6.45, 7) is 3.77. The largest absolute Gasteiger partial charge is 0.364 e. The molecular weight excluding hydrogens is 176 g/mol. The molecule has 0 aromatic rings. The second kappa shape index (κ2) is 5.03. The third-order valence-electron chi connectivity index (χ3n) is 2.47. The summed E-state index contributed by atoms with van der Waals surface area (Å²) < 4.78 is 0. The van der Waals surface area contributed by atoms with E-state index in [1.54, 1.807) is 13.0 Å². The van der Waals surface area contributed by atoms with Gasteiger partial charge in [-0.2, -0.15) is 0 Å². The topological polar surface area (TPSA) is 23.6 Å². The predicted molar refractivity (Wildman–Crippen MR) is 57.9 cm³/mol. The Bertz CT molecular complexity index is 227. The SMILES string of the molecule is CC(=O)C=C(N(C)C)N1CCCCC1. The van der Waals surface area contributed by atoms with Crippen molar-refractivity contribution in [1.29, 1.82) is 0 Å². The van der Waals surface area contributed by atoms with Gasteiger partial charge in [0.1, 0.15) is 5.82 Å². The van der Waals surface area contributed by atoms with Crippen LogP contribution in [0.1, 0.15) is 26.2 Å². The Hall–Kier alpha value is -0.990. The van der Waals surface area contributed by atoms with Crippen LogP contribution in [0.5, 0.6) is 0 Å². The summed E-state index contributed by atoms with van der Waals surface area (Å²) >= 11 is 0. The van der Waals surface area contributed by atoms with Crippen LogP contribution in [-0.4, -0.2) is 42.8 Å². The first-order valence-corrected chi connectivity index (χ1v) is 5.26. The van der Waals surface area contributed by atoms with E-state index in [0.717, 1.165) is 18.9 Å². The van der Waals surface area contributed by atoms with Gasteiger partial charge in [0.05, 0.1) is 0 Å². The lowest BCUT2D eigenvalue weighted by molar-refractivity contribution is -0.112. The summed E-state index contributed by atoms with van der Waals surface area (Å²) in [4.78, 5) is 15.4. The van der Waals surface area contributed by atoms with E-state index >= 15 is 0 Å². The number of likely N-dealkylation sites (tertiary alicyclic amines) is 1. The number of carbonyl (C=O) groups is 1. The molecule has 0 bridgehead atoms. The second-order valence-electron chi connectivity index (χ2n) is 4.06. The molecule has 0 aliphatic carbocycles. The van der Waals surface area contributed by atoms with Crippen molar-refractivity contribution < 1.29 is 4.79 Å². The molecular formula is C11H20N2O. The summed E-state index contributed by atoms with van der Waals surface area (Å²) in [5, 5.41) is 0. The fourth-order valence-electron chi connectivity index (χ4n) is 1.81. The zero-order valence-corrected chi connectivity index (χ0v) is 9.42. The second-order valence-corrected chi connectivity index (χ2v) is 4.06. The van der Waals surface area contributed by atoms with Gasteiger partial charge in [0, 0.05) is 33.3 Å². The van der Waals surface area contributed by atoms with Crippen LogP contribution >= 0.6 is 0 Å². The fraction of sp³-hybridized carbons (Fsp3) is 0.727. The average molecular weight is 196 g/mol. The van der Waals surface area contributed by atoms with E-state index in [0.29, 0.717) is 0 Å². The molecule has 3 heteroatoms. The first-order chi connectivity index (χ1) is 6.61. The number of rotatable bonds is 3. The maximum atomic E-state index is 11.1. The molecule has 0 spiro atoms. The van der Waals surface area contributed by atoms with Gasteiger partial charge in [0.15, 0.2) is 5.78 Å². The molecule has 1 rings (SSSR count). The monoisotopic (exact) mass is 196 g/mol. The molecule has 0 radical (unpaired) electrons. The van der Waals surface area contributed by atoms with Crippen molar-refractivity contribution in [3.8, 4) is 0 Å². The number of nitrogens with zero attached hydrogens (tertiary/aromatic N) is 2. The fourth-order valence-corrected chi connectivity index (χ4v) is 1.81. The molecule has 14 heavy (non-hydrogen) atoms. The van der Waals surface area contributed by atoms with Gasteiger partial charge in [-0.05, 0) is 26.2 Å². The minimum atomic E-state index is 0.124. The molecule has 0 amide bonds. The molecule has 0 atom stereocenters. The number of ketones is 1. The predicted octanol–water partition coefficient (Wildman–Crippen LogP) is 1.46. The maximum Gasteiger partial charge on any atom is 0.156 e. The standard InChI is InChI=1S/C11H20N2O/c1-10(14)9-11(12(2)3)13-7-5-4-6-8-13/h9H,4-8H2,1-3H3. The van der Waals surface area contributed by atoms with E-state index in [-0.39, 0.29) is 5.78 Å². The summed E-state index contributed by atoms with van der Waals surface area (Å²) in [7, 11) is 3.98. The highest BCUT2D eigenvalue weighted by atomic mass is 16.1. The Morgan fingerprint density at radius 2 is 1.79 bits per heavy atom. The number of allylic oxidation sites excluding steroid dienone is 1. The summed E-state index contributed by atoms with van der Waals surface area (Å²) in [6.07, 6.45) is 5.52. The van der Waals surface area contributed by atoms with E-state index in [1.807, 2.05) is 19.0 Å². The minimum absolute atomic E-state index is 0.124. The van der Waals surface area contributed by atoms with Crippen molar-refractivity contribution in [3.05, 3.63) is 11.9 Å². The Labute approximate surface area is 86.4 Å². The van der Waals surface area contributed by atoms with E-state index in [4.69, 9.17) is 0 Å². The number of hydrogen-bond acceptors (Lipinski definition) is 3. The lowest BCUT2D eigenvalue weighted by atomic mass is 10.1. The van der Waals surface area contributed by atoms with Crippen LogP contribution in [-0.2, 0) is 4.79 Å². The Kier molecular flexibility index (Phi) is 3.98. The molecule has 0 N–H and O–H groups in total. The lowest BCUT2D eigenvalue weighted by Crippen LogP contribution is -2.35. The zero-order chi connectivity index (χ0) is 10.6. The smallest absolute Gasteiger partial charge is 0.156 e. The van der Waals surface area contributed by atoms with Crippen LogP contribution in [0.15, 0.2) is 11.9 Å². The van der Waals surface area contributed by atoms with Crippen molar-refractivity contribution in [2.24, 2.45) is 0 Å². The average Bonchev–Trinajstić information content (AvgIpc) is 2.15. The van der Waals surface area contributed by atoms with Gasteiger partial charge in [-0.15, -0.1) is 0 Å². The highest BCUT2D eigenvalue weighted by Crippen LogP contribution is 2.15. The molecule has 0 aromatic heterocycles. The normalized spacial score (nSPS) is 18.2. The van der Waals surface area contributed by atoms with Gasteiger partial charge in [0.25, 0.3) is 0 Å². The number of piperidine rings is 1. The van der Waals surface area contributed by atoms with Crippen molar-refractivity contribution >= 4 is 5.78 Å². The third kappa shape index (κ3) is 3.05. The van der Waals surface area contributed by atoms with Crippen molar-refractivity contribution in [2.45, 2.75) is 26.2 Å². The van der Waals surface area contributed by atoms with E-state index in [2.05, 4.69) is 4.90 Å². The van der Waals surface area contributed by atoms with Crippen LogP contribution in [0.4, 0.5) is 0 Å². The Morgan fingerprint density at radius 3 is 2.21 bits per heavy atom. The lowest BCUT2D eigenvalue weighted by Gasteiger charge is -2.34. The molecule has 3 nitrogen and oxygen atoms in total.